The summed E-state index contributed by atoms with van der Waals surface area (Å²) in [5, 5.41) is 10.1. The Hall–Kier alpha value is -3.23. The molecular formula is C22H21ClN2O5S. The van der Waals surface area contributed by atoms with E-state index in [-0.39, 0.29) is 22.0 Å². The monoisotopic (exact) mass is 460 g/mol. The average molecular weight is 461 g/mol. The highest BCUT2D eigenvalue weighted by Gasteiger charge is 2.25. The van der Waals surface area contributed by atoms with Crippen LogP contribution in [0.5, 0.6) is 11.5 Å². The molecule has 0 heterocycles. The minimum Gasteiger partial charge on any atom is -0.505 e. The van der Waals surface area contributed by atoms with Crippen LogP contribution in [0.15, 0.2) is 65.6 Å². The van der Waals surface area contributed by atoms with Gasteiger partial charge in [-0.15, -0.1) is 0 Å². The first-order valence-corrected chi connectivity index (χ1v) is 11.0. The topological polar surface area (TPSA) is 95.9 Å². The van der Waals surface area contributed by atoms with Crippen LogP contribution in [0.25, 0.3) is 11.1 Å². The second-order valence-corrected chi connectivity index (χ2v) is 8.95. The highest BCUT2D eigenvalue weighted by Crippen LogP contribution is 2.36. The van der Waals surface area contributed by atoms with Crippen molar-refractivity contribution in [2.45, 2.75) is 4.90 Å². The fourth-order valence-corrected chi connectivity index (χ4v) is 4.44. The number of anilines is 1. The molecule has 31 heavy (non-hydrogen) atoms. The predicted molar refractivity (Wildman–Crippen MR) is 120 cm³/mol. The second-order valence-electron chi connectivity index (χ2n) is 6.89. The van der Waals surface area contributed by atoms with Crippen LogP contribution in [-0.4, -0.2) is 45.5 Å². The van der Waals surface area contributed by atoms with E-state index in [4.69, 9.17) is 16.3 Å². The summed E-state index contributed by atoms with van der Waals surface area (Å²) in [5.74, 6) is -0.820. The summed E-state index contributed by atoms with van der Waals surface area (Å²) in [7, 11) is 0.148. The number of hydrogen-bond acceptors (Lipinski definition) is 5. The van der Waals surface area contributed by atoms with Crippen LogP contribution in [-0.2, 0) is 10.0 Å². The number of nitrogens with one attached hydrogen (secondary N) is 1. The second kappa shape index (κ2) is 8.87. The number of sulfonamides is 1. The van der Waals surface area contributed by atoms with Crippen LogP contribution in [0, 0.1) is 0 Å². The minimum atomic E-state index is -4.31. The van der Waals surface area contributed by atoms with Gasteiger partial charge in [-0.3, -0.25) is 9.52 Å². The van der Waals surface area contributed by atoms with Gasteiger partial charge in [0.25, 0.3) is 15.9 Å². The molecule has 1 amide bonds. The van der Waals surface area contributed by atoms with Crippen LogP contribution < -0.4 is 9.46 Å². The van der Waals surface area contributed by atoms with E-state index in [1.54, 1.807) is 18.2 Å². The number of methoxy groups -OCH3 is 1. The van der Waals surface area contributed by atoms with Crippen molar-refractivity contribution >= 4 is 33.2 Å². The van der Waals surface area contributed by atoms with Crippen molar-refractivity contribution in [1.82, 2.24) is 4.90 Å². The van der Waals surface area contributed by atoms with E-state index in [0.29, 0.717) is 0 Å². The number of ether oxygens (including phenoxy) is 1. The highest BCUT2D eigenvalue weighted by atomic mass is 35.5. The number of carbonyl (C=O) groups excluding carboxylic acids is 1. The Labute approximate surface area is 185 Å². The van der Waals surface area contributed by atoms with Gasteiger partial charge >= 0.3 is 0 Å². The number of halogens is 1. The number of nitrogens with zero attached hydrogens (tertiary/aromatic N) is 1. The van der Waals surface area contributed by atoms with Gasteiger partial charge in [-0.25, -0.2) is 8.42 Å². The number of benzene rings is 3. The van der Waals surface area contributed by atoms with E-state index in [0.717, 1.165) is 17.2 Å². The summed E-state index contributed by atoms with van der Waals surface area (Å²) in [6.07, 6.45) is 0. The van der Waals surface area contributed by atoms with Crippen LogP contribution in [0.2, 0.25) is 5.02 Å². The molecule has 0 unspecified atom stereocenters. The molecule has 9 heteroatoms. The molecular weight excluding hydrogens is 440 g/mol. The minimum absolute atomic E-state index is 0.0261. The van der Waals surface area contributed by atoms with E-state index in [9.17, 15) is 18.3 Å². The molecule has 2 N–H and O–H groups in total. The number of aromatic hydroxyl groups is 1. The molecule has 0 aliphatic carbocycles. The lowest BCUT2D eigenvalue weighted by atomic mass is 10.1. The fraction of sp³-hybridized carbons (Fsp3) is 0.136. The molecule has 162 valence electrons. The molecule has 7 nitrogen and oxygen atoms in total. The average Bonchev–Trinajstić information content (AvgIpc) is 2.75. The van der Waals surface area contributed by atoms with Crippen molar-refractivity contribution in [3.63, 3.8) is 0 Å². The summed E-state index contributed by atoms with van der Waals surface area (Å²) < 4.78 is 34.0. The predicted octanol–water partition coefficient (Wildman–Crippen LogP) is 4.22. The standard InChI is InChI=1S/C22H21ClN2O5S/c1-25(2)22(27)16-11-17(23)21(26)20(13-16)31(28,29)24-18-12-15(9-10-19(18)30-3)14-7-5-4-6-8-14/h4-13,24,26H,1-3H3. The van der Waals surface area contributed by atoms with Crippen molar-refractivity contribution in [2.75, 3.05) is 25.9 Å². The maximum atomic E-state index is 13.1. The maximum absolute atomic E-state index is 13.1. The molecule has 0 spiro atoms. The van der Waals surface area contributed by atoms with Crippen LogP contribution >= 0.6 is 11.6 Å². The smallest absolute Gasteiger partial charge is 0.265 e. The molecule has 0 saturated carbocycles. The Morgan fingerprint density at radius 1 is 1.03 bits per heavy atom. The van der Waals surface area contributed by atoms with Gasteiger partial charge in [0.15, 0.2) is 5.75 Å². The first kappa shape index (κ1) is 22.5. The maximum Gasteiger partial charge on any atom is 0.265 e. The number of carbonyl (C=O) groups is 1. The summed E-state index contributed by atoms with van der Waals surface area (Å²) in [4.78, 5) is 13.1. The van der Waals surface area contributed by atoms with Crippen molar-refractivity contribution in [1.29, 1.82) is 0 Å². The van der Waals surface area contributed by atoms with E-state index < -0.39 is 26.6 Å². The number of hydrogen-bond donors (Lipinski definition) is 2. The zero-order valence-electron chi connectivity index (χ0n) is 17.1. The Morgan fingerprint density at radius 2 is 1.71 bits per heavy atom. The van der Waals surface area contributed by atoms with Crippen molar-refractivity contribution in [3.05, 3.63) is 71.2 Å². The van der Waals surface area contributed by atoms with Crippen LogP contribution in [0.4, 0.5) is 5.69 Å². The van der Waals surface area contributed by atoms with Crippen molar-refractivity contribution < 1.29 is 23.1 Å². The summed E-state index contributed by atoms with van der Waals surface area (Å²) in [6, 6.07) is 16.8. The SMILES string of the molecule is COc1ccc(-c2ccccc2)cc1NS(=O)(=O)c1cc(C(=O)N(C)C)cc(Cl)c1O. The Balaban J connectivity index is 2.07. The largest absolute Gasteiger partial charge is 0.505 e. The Morgan fingerprint density at radius 3 is 2.32 bits per heavy atom. The van der Waals surface area contributed by atoms with Gasteiger partial charge < -0.3 is 14.7 Å². The number of rotatable bonds is 6. The van der Waals surface area contributed by atoms with Crippen molar-refractivity contribution in [3.8, 4) is 22.6 Å². The summed E-state index contributed by atoms with van der Waals surface area (Å²) >= 11 is 6.00. The van der Waals surface area contributed by atoms with Gasteiger partial charge in [0.1, 0.15) is 10.6 Å². The molecule has 0 saturated heterocycles. The van der Waals surface area contributed by atoms with Gasteiger partial charge in [-0.1, -0.05) is 48.0 Å². The highest BCUT2D eigenvalue weighted by molar-refractivity contribution is 7.92. The number of phenolic OH excluding ortho intramolecular Hbond substituents is 1. The van der Waals surface area contributed by atoms with Gasteiger partial charge in [-0.05, 0) is 35.4 Å². The molecule has 3 rings (SSSR count). The van der Waals surface area contributed by atoms with Crippen molar-refractivity contribution in [2.24, 2.45) is 0 Å². The first-order chi connectivity index (χ1) is 14.6. The van der Waals surface area contributed by atoms with Gasteiger partial charge in [0, 0.05) is 19.7 Å². The molecule has 0 bridgehead atoms. The lowest BCUT2D eigenvalue weighted by molar-refractivity contribution is 0.0827. The lowest BCUT2D eigenvalue weighted by Crippen LogP contribution is -2.22. The van der Waals surface area contributed by atoms with E-state index in [1.165, 1.54) is 32.2 Å². The number of phenols is 1. The normalized spacial score (nSPS) is 11.1. The molecule has 0 fully saturated rings. The molecule has 0 aliphatic heterocycles. The molecule has 0 aromatic heterocycles. The molecule has 0 radical (unpaired) electrons. The third-order valence-electron chi connectivity index (χ3n) is 4.52. The van der Waals surface area contributed by atoms with Gasteiger partial charge in [0.05, 0.1) is 17.8 Å². The fourth-order valence-electron chi connectivity index (χ4n) is 2.96. The van der Waals surface area contributed by atoms with Crippen LogP contribution in [0.1, 0.15) is 10.4 Å². The molecule has 0 aliphatic rings. The number of amides is 1. The molecule has 0 atom stereocenters. The third-order valence-corrected chi connectivity index (χ3v) is 6.19. The van der Waals surface area contributed by atoms with Crippen LogP contribution in [0.3, 0.4) is 0 Å². The van der Waals surface area contributed by atoms with Gasteiger partial charge in [-0.2, -0.15) is 0 Å². The molecule has 3 aromatic rings. The van der Waals surface area contributed by atoms with E-state index in [1.807, 2.05) is 30.3 Å². The zero-order chi connectivity index (χ0) is 22.8. The summed E-state index contributed by atoms with van der Waals surface area (Å²) in [6.45, 7) is 0. The Bertz CT molecular complexity index is 1230. The lowest BCUT2D eigenvalue weighted by Gasteiger charge is -2.16. The quantitative estimate of drug-likeness (QED) is 0.574. The Kier molecular flexibility index (Phi) is 6.42. The van der Waals surface area contributed by atoms with E-state index >= 15 is 0 Å². The van der Waals surface area contributed by atoms with E-state index in [2.05, 4.69) is 4.72 Å². The summed E-state index contributed by atoms with van der Waals surface area (Å²) in [5.41, 5.74) is 1.84. The molecule has 3 aromatic carbocycles. The third kappa shape index (κ3) is 4.76. The zero-order valence-corrected chi connectivity index (χ0v) is 18.7. The van der Waals surface area contributed by atoms with Gasteiger partial charge in [0.2, 0.25) is 0 Å². The first-order valence-electron chi connectivity index (χ1n) is 9.14.